The lowest BCUT2D eigenvalue weighted by Crippen LogP contribution is -3.00. The highest BCUT2D eigenvalue weighted by atomic mass is 127. The van der Waals surface area contributed by atoms with Crippen LogP contribution in [0.3, 0.4) is 0 Å². The monoisotopic (exact) mass is 585 g/mol. The molecule has 6 nitrogen and oxygen atoms in total. The van der Waals surface area contributed by atoms with Crippen LogP contribution < -0.4 is 41.0 Å². The van der Waals surface area contributed by atoms with E-state index in [1.54, 1.807) is 30.1 Å². The van der Waals surface area contributed by atoms with Crippen LogP contribution in [-0.4, -0.2) is 44.6 Å². The number of ether oxygens (including phenoxy) is 2. The van der Waals surface area contributed by atoms with Gasteiger partial charge in [-0.15, -0.1) is 0 Å². The van der Waals surface area contributed by atoms with Crippen molar-refractivity contribution in [2.45, 2.75) is 37.3 Å². The van der Waals surface area contributed by atoms with Crippen molar-refractivity contribution in [1.29, 1.82) is 0 Å². The van der Waals surface area contributed by atoms with Crippen molar-refractivity contribution in [3.63, 3.8) is 0 Å². The summed E-state index contributed by atoms with van der Waals surface area (Å²) in [5.74, 6) is 0.439. The average molecular weight is 586 g/mol. The van der Waals surface area contributed by atoms with E-state index in [1.807, 2.05) is 42.6 Å². The minimum Gasteiger partial charge on any atom is -1.00 e. The van der Waals surface area contributed by atoms with E-state index < -0.39 is 9.04 Å². The first-order valence-corrected chi connectivity index (χ1v) is 12.5. The van der Waals surface area contributed by atoms with Crippen LogP contribution >= 0.6 is 11.8 Å². The number of benzene rings is 1. The zero-order valence-electron chi connectivity index (χ0n) is 16.6. The Bertz CT molecular complexity index is 726. The maximum Gasteiger partial charge on any atom is 0.359 e. The van der Waals surface area contributed by atoms with Crippen LogP contribution in [0.4, 0.5) is 0 Å². The standard InChI is InChI=1S/C19H27N2O4SSi.CH4.ClH.HI/c1-21-10-3-9-20-19(21)26-15-16-5-7-17(8-6-16)18(22)25-13-12-24-11-4-14-27(2)23;;;/h3,5-10,23,27H,4,11-15H2,1-2H3;1H4;2*1H/q+1;;;/p-2. The summed E-state index contributed by atoms with van der Waals surface area (Å²) in [6.07, 6.45) is 4.60. The molecule has 0 spiro atoms. The van der Waals surface area contributed by atoms with Crippen LogP contribution in [0.5, 0.6) is 0 Å². The molecule has 0 bridgehead atoms. The molecule has 1 aromatic carbocycles. The molecular weight excluding hydrogens is 555 g/mol. The van der Waals surface area contributed by atoms with Crippen LogP contribution in [0.15, 0.2) is 47.9 Å². The van der Waals surface area contributed by atoms with Gasteiger partial charge >= 0.3 is 11.1 Å². The molecule has 1 unspecified atom stereocenters. The van der Waals surface area contributed by atoms with Gasteiger partial charge in [0.1, 0.15) is 12.8 Å². The zero-order valence-corrected chi connectivity index (χ0v) is 21.5. The predicted octanol–water partition coefficient (Wildman–Crippen LogP) is -3.25. The van der Waals surface area contributed by atoms with Gasteiger partial charge in [0, 0.05) is 18.4 Å². The Morgan fingerprint density at radius 3 is 2.57 bits per heavy atom. The van der Waals surface area contributed by atoms with Crippen molar-refractivity contribution in [1.82, 2.24) is 4.98 Å². The topological polar surface area (TPSA) is 72.5 Å². The molecular formula is C20H31ClIN2O4SSi-. The number of aryl methyl sites for hydroxylation is 1. The second-order valence-electron chi connectivity index (χ2n) is 6.24. The first-order chi connectivity index (χ1) is 13.1. The average Bonchev–Trinajstić information content (AvgIpc) is 2.66. The van der Waals surface area contributed by atoms with E-state index in [1.165, 1.54) is 0 Å². The minimum absolute atomic E-state index is 0. The third-order valence-corrected chi connectivity index (χ3v) is 6.18. The smallest absolute Gasteiger partial charge is 0.359 e. The predicted molar refractivity (Wildman–Crippen MR) is 114 cm³/mol. The van der Waals surface area contributed by atoms with Crippen LogP contribution in [0.1, 0.15) is 29.8 Å². The molecule has 1 aromatic heterocycles. The maximum atomic E-state index is 12.0. The number of esters is 1. The van der Waals surface area contributed by atoms with Crippen molar-refractivity contribution in [2.24, 2.45) is 7.05 Å². The fourth-order valence-electron chi connectivity index (χ4n) is 2.31. The normalized spacial score (nSPS) is 10.8. The molecule has 0 aliphatic carbocycles. The second-order valence-corrected chi connectivity index (χ2v) is 9.46. The largest absolute Gasteiger partial charge is 1.00 e. The highest BCUT2D eigenvalue weighted by Crippen LogP contribution is 2.18. The number of aromatic nitrogens is 2. The molecule has 10 heteroatoms. The molecule has 2 rings (SSSR count). The van der Waals surface area contributed by atoms with Crippen molar-refractivity contribution in [3.05, 3.63) is 53.9 Å². The Kier molecular flexibility index (Phi) is 18.8. The van der Waals surface area contributed by atoms with E-state index in [0.717, 1.165) is 28.9 Å². The Balaban J connectivity index is 0. The fourth-order valence-corrected chi connectivity index (χ4v) is 3.96. The van der Waals surface area contributed by atoms with Gasteiger partial charge in [-0.25, -0.2) is 9.36 Å². The number of hydrogen-bond acceptors (Lipinski definition) is 6. The van der Waals surface area contributed by atoms with E-state index in [-0.39, 0.29) is 56.4 Å². The van der Waals surface area contributed by atoms with Gasteiger partial charge in [0.2, 0.25) is 0 Å². The van der Waals surface area contributed by atoms with Gasteiger partial charge in [0.15, 0.2) is 9.04 Å². The molecule has 170 valence electrons. The van der Waals surface area contributed by atoms with Gasteiger partial charge in [0.05, 0.1) is 25.4 Å². The molecule has 0 amide bonds. The summed E-state index contributed by atoms with van der Waals surface area (Å²) in [7, 11) is 0.477. The summed E-state index contributed by atoms with van der Waals surface area (Å²) in [5, 5.41) is 0.941. The van der Waals surface area contributed by atoms with Crippen molar-refractivity contribution in [2.75, 3.05) is 19.8 Å². The van der Waals surface area contributed by atoms with Crippen LogP contribution in [0.25, 0.3) is 0 Å². The lowest BCUT2D eigenvalue weighted by atomic mass is 10.1. The van der Waals surface area contributed by atoms with Gasteiger partial charge < -0.3 is 50.7 Å². The number of halogens is 2. The lowest BCUT2D eigenvalue weighted by Gasteiger charge is -2.07. The molecule has 0 fully saturated rings. The third kappa shape index (κ3) is 12.2. The SMILES string of the molecule is C.C[n+]1cccnc1SCc1ccc(C(=O)OCCOCCC[SiH](C)O)cc1.[Cl-].[I-]. The Hall–Kier alpha value is -0.723. The van der Waals surface area contributed by atoms with Gasteiger partial charge in [-0.1, -0.05) is 19.6 Å². The van der Waals surface area contributed by atoms with E-state index >= 15 is 0 Å². The van der Waals surface area contributed by atoms with E-state index in [2.05, 4.69) is 4.98 Å². The molecule has 1 atom stereocenters. The molecule has 0 aliphatic rings. The Morgan fingerprint density at radius 1 is 1.23 bits per heavy atom. The molecule has 1 N–H and O–H groups in total. The maximum absolute atomic E-state index is 12.0. The Labute approximate surface area is 208 Å². The molecule has 0 saturated heterocycles. The number of hydrogen-bond donors (Lipinski definition) is 1. The van der Waals surface area contributed by atoms with Crippen molar-refractivity contribution < 1.29 is 60.0 Å². The summed E-state index contributed by atoms with van der Waals surface area (Å²) in [5.41, 5.74) is 1.65. The van der Waals surface area contributed by atoms with Gasteiger partial charge in [0.25, 0.3) is 0 Å². The van der Waals surface area contributed by atoms with E-state index in [9.17, 15) is 9.59 Å². The number of carbonyl (C=O) groups is 1. The van der Waals surface area contributed by atoms with Crippen LogP contribution in [0, 0.1) is 0 Å². The second kappa shape index (κ2) is 17.9. The van der Waals surface area contributed by atoms with Crippen molar-refractivity contribution >= 4 is 26.8 Å². The van der Waals surface area contributed by atoms with Gasteiger partial charge in [-0.2, -0.15) is 0 Å². The molecule has 0 radical (unpaired) electrons. The van der Waals surface area contributed by atoms with E-state index in [0.29, 0.717) is 18.8 Å². The summed E-state index contributed by atoms with van der Waals surface area (Å²) in [4.78, 5) is 25.7. The summed E-state index contributed by atoms with van der Waals surface area (Å²) < 4.78 is 12.6. The third-order valence-electron chi connectivity index (χ3n) is 3.81. The van der Waals surface area contributed by atoms with Crippen molar-refractivity contribution in [3.8, 4) is 0 Å². The first-order valence-electron chi connectivity index (χ1n) is 9.01. The number of carbonyl (C=O) groups excluding carboxylic acids is 1. The Morgan fingerprint density at radius 2 is 1.93 bits per heavy atom. The fraction of sp³-hybridized carbons (Fsp3) is 0.450. The number of nitrogens with zero attached hydrogens (tertiary/aromatic N) is 2. The summed E-state index contributed by atoms with van der Waals surface area (Å²) >= 11 is 1.65. The van der Waals surface area contributed by atoms with E-state index in [4.69, 9.17) is 9.47 Å². The highest BCUT2D eigenvalue weighted by Gasteiger charge is 2.10. The summed E-state index contributed by atoms with van der Waals surface area (Å²) in [6, 6.07) is 10.2. The molecule has 30 heavy (non-hydrogen) atoms. The number of thioether (sulfide) groups is 1. The van der Waals surface area contributed by atoms with Gasteiger partial charge in [-0.05, 0) is 53.5 Å². The minimum atomic E-state index is -1.49. The van der Waals surface area contributed by atoms with Crippen LogP contribution in [-0.2, 0) is 22.3 Å². The molecule has 0 saturated carbocycles. The molecule has 0 aliphatic heterocycles. The molecule has 1 heterocycles. The van der Waals surface area contributed by atoms with Gasteiger partial charge in [-0.3, -0.25) is 0 Å². The zero-order chi connectivity index (χ0) is 19.5. The van der Waals surface area contributed by atoms with Crippen LogP contribution in [0.2, 0.25) is 12.6 Å². The highest BCUT2D eigenvalue weighted by molar-refractivity contribution is 7.98. The summed E-state index contributed by atoms with van der Waals surface area (Å²) in [6.45, 7) is 3.10. The lowest BCUT2D eigenvalue weighted by molar-refractivity contribution is -0.713. The quantitative estimate of drug-likeness (QED) is 0.0569. The first kappa shape index (κ1) is 31.5. The number of rotatable bonds is 11. The molecule has 2 aromatic rings.